The van der Waals surface area contributed by atoms with Crippen LogP contribution in [0.15, 0.2) is 23.3 Å². The van der Waals surface area contributed by atoms with Gasteiger partial charge in [-0.2, -0.15) is 0 Å². The van der Waals surface area contributed by atoms with Gasteiger partial charge in [-0.15, -0.1) is 0 Å². The van der Waals surface area contributed by atoms with Crippen molar-refractivity contribution in [3.8, 4) is 5.88 Å². The van der Waals surface area contributed by atoms with Gasteiger partial charge in [0, 0.05) is 38.6 Å². The molecule has 0 saturated heterocycles. The third-order valence-electron chi connectivity index (χ3n) is 3.42. The lowest BCUT2D eigenvalue weighted by Crippen LogP contribution is -2.38. The molecule has 142 valence electrons. The topological polar surface area (TPSA) is 67.8 Å². The van der Waals surface area contributed by atoms with Crippen LogP contribution in [0.3, 0.4) is 0 Å². The Morgan fingerprint density at radius 1 is 1.04 bits per heavy atom. The largest absolute Gasteiger partial charge is 0.478 e. The number of unbranched alkanes of at least 4 members (excludes halogenated alkanes) is 1. The molecule has 0 unspecified atom stereocenters. The molecule has 0 aliphatic heterocycles. The van der Waals surface area contributed by atoms with Gasteiger partial charge in [-0.1, -0.05) is 26.3 Å². The van der Waals surface area contributed by atoms with Gasteiger partial charge in [-0.05, 0) is 31.7 Å². The van der Waals surface area contributed by atoms with E-state index in [1.54, 1.807) is 0 Å². The second-order valence-corrected chi connectivity index (χ2v) is 5.79. The average Bonchev–Trinajstić information content (AvgIpc) is 2.64. The summed E-state index contributed by atoms with van der Waals surface area (Å²) in [6.07, 6.45) is 6.08. The minimum atomic E-state index is 0.587. The molecule has 0 spiro atoms. The molecular formula is C19H34N4O2. The van der Waals surface area contributed by atoms with Crippen molar-refractivity contribution in [1.29, 1.82) is 0 Å². The molecule has 6 heteroatoms. The number of aliphatic imine (C=N–C) groups is 1. The van der Waals surface area contributed by atoms with E-state index in [0.29, 0.717) is 19.0 Å². The van der Waals surface area contributed by atoms with Crippen molar-refractivity contribution in [3.63, 3.8) is 0 Å². The van der Waals surface area contributed by atoms with E-state index >= 15 is 0 Å². The maximum absolute atomic E-state index is 5.56. The summed E-state index contributed by atoms with van der Waals surface area (Å²) in [5, 5.41) is 6.59. The summed E-state index contributed by atoms with van der Waals surface area (Å²) in [6.45, 7) is 10.9. The van der Waals surface area contributed by atoms with Crippen LogP contribution in [0, 0.1) is 0 Å². The van der Waals surface area contributed by atoms with Crippen molar-refractivity contribution in [2.24, 2.45) is 4.99 Å². The highest BCUT2D eigenvalue weighted by atomic mass is 16.5. The Labute approximate surface area is 152 Å². The van der Waals surface area contributed by atoms with Gasteiger partial charge in [0.1, 0.15) is 0 Å². The van der Waals surface area contributed by atoms with Crippen molar-refractivity contribution >= 4 is 5.96 Å². The summed E-state index contributed by atoms with van der Waals surface area (Å²) in [4.78, 5) is 8.90. The average molecular weight is 351 g/mol. The molecule has 0 aliphatic rings. The predicted octanol–water partition coefficient (Wildman–Crippen LogP) is 3.13. The van der Waals surface area contributed by atoms with Crippen LogP contribution in [-0.4, -0.2) is 43.9 Å². The minimum Gasteiger partial charge on any atom is -0.478 e. The third-order valence-corrected chi connectivity index (χ3v) is 3.42. The smallest absolute Gasteiger partial charge is 0.213 e. The first kappa shape index (κ1) is 21.2. The summed E-state index contributed by atoms with van der Waals surface area (Å²) in [6, 6.07) is 3.90. The number of hydrogen-bond acceptors (Lipinski definition) is 4. The molecule has 2 N–H and O–H groups in total. The Hall–Kier alpha value is -1.82. The molecule has 0 bridgehead atoms. The SMILES string of the molecule is CCCCOCCCNC(=NCc1ccc(OCCC)nc1)NCC. The Bertz CT molecular complexity index is 463. The zero-order chi connectivity index (χ0) is 18.2. The Kier molecular flexibility index (Phi) is 12.3. The quantitative estimate of drug-likeness (QED) is 0.325. The van der Waals surface area contributed by atoms with E-state index in [2.05, 4.69) is 41.4 Å². The summed E-state index contributed by atoms with van der Waals surface area (Å²) in [5.74, 6) is 1.49. The van der Waals surface area contributed by atoms with Crippen molar-refractivity contribution in [2.75, 3.05) is 32.9 Å². The van der Waals surface area contributed by atoms with Crippen LogP contribution in [0.1, 0.15) is 52.0 Å². The van der Waals surface area contributed by atoms with E-state index in [9.17, 15) is 0 Å². The van der Waals surface area contributed by atoms with Crippen LogP contribution < -0.4 is 15.4 Å². The minimum absolute atomic E-state index is 0.587. The van der Waals surface area contributed by atoms with Crippen molar-refractivity contribution in [1.82, 2.24) is 15.6 Å². The second kappa shape index (κ2) is 14.5. The number of nitrogens with one attached hydrogen (secondary N) is 2. The number of rotatable bonds is 13. The molecule has 25 heavy (non-hydrogen) atoms. The summed E-state index contributed by atoms with van der Waals surface area (Å²) < 4.78 is 11.1. The molecule has 0 saturated carbocycles. The van der Waals surface area contributed by atoms with Crippen LogP contribution >= 0.6 is 0 Å². The van der Waals surface area contributed by atoms with Gasteiger partial charge in [0.05, 0.1) is 13.2 Å². The summed E-state index contributed by atoms with van der Waals surface area (Å²) >= 11 is 0. The molecule has 6 nitrogen and oxygen atoms in total. The van der Waals surface area contributed by atoms with E-state index in [0.717, 1.165) is 57.1 Å². The fourth-order valence-corrected chi connectivity index (χ4v) is 2.04. The van der Waals surface area contributed by atoms with Crippen LogP contribution in [0.5, 0.6) is 5.88 Å². The first-order valence-corrected chi connectivity index (χ1v) is 9.47. The van der Waals surface area contributed by atoms with Crippen LogP contribution in [0.4, 0.5) is 0 Å². The molecule has 0 aliphatic carbocycles. The van der Waals surface area contributed by atoms with Gasteiger partial charge in [-0.25, -0.2) is 9.98 Å². The molecule has 1 rings (SSSR count). The lowest BCUT2D eigenvalue weighted by atomic mass is 10.3. The summed E-state index contributed by atoms with van der Waals surface area (Å²) in [5.41, 5.74) is 1.06. The molecule has 0 radical (unpaired) electrons. The first-order valence-electron chi connectivity index (χ1n) is 9.47. The van der Waals surface area contributed by atoms with Gasteiger partial charge in [0.2, 0.25) is 5.88 Å². The number of nitrogens with zero attached hydrogens (tertiary/aromatic N) is 2. The zero-order valence-electron chi connectivity index (χ0n) is 16.0. The van der Waals surface area contributed by atoms with E-state index < -0.39 is 0 Å². The lowest BCUT2D eigenvalue weighted by molar-refractivity contribution is 0.129. The van der Waals surface area contributed by atoms with Gasteiger partial charge in [0.25, 0.3) is 0 Å². The molecule has 0 aromatic carbocycles. The van der Waals surface area contributed by atoms with Crippen LogP contribution in [0.2, 0.25) is 0 Å². The van der Waals surface area contributed by atoms with Crippen molar-refractivity contribution in [3.05, 3.63) is 23.9 Å². The van der Waals surface area contributed by atoms with E-state index in [1.165, 1.54) is 6.42 Å². The number of aromatic nitrogens is 1. The van der Waals surface area contributed by atoms with Crippen molar-refractivity contribution in [2.45, 2.75) is 53.0 Å². The second-order valence-electron chi connectivity index (χ2n) is 5.79. The number of guanidine groups is 1. The Balaban J connectivity index is 2.33. The highest BCUT2D eigenvalue weighted by molar-refractivity contribution is 5.79. The molecule has 0 amide bonds. The van der Waals surface area contributed by atoms with Crippen molar-refractivity contribution < 1.29 is 9.47 Å². The molecule has 1 aromatic rings. The van der Waals surface area contributed by atoms with Gasteiger partial charge in [0.15, 0.2) is 5.96 Å². The monoisotopic (exact) mass is 350 g/mol. The normalized spacial score (nSPS) is 11.4. The van der Waals surface area contributed by atoms with Crippen LogP contribution in [-0.2, 0) is 11.3 Å². The molecule has 1 heterocycles. The highest BCUT2D eigenvalue weighted by Crippen LogP contribution is 2.08. The Morgan fingerprint density at radius 3 is 2.56 bits per heavy atom. The third kappa shape index (κ3) is 10.6. The molecular weight excluding hydrogens is 316 g/mol. The zero-order valence-corrected chi connectivity index (χ0v) is 16.0. The van der Waals surface area contributed by atoms with Gasteiger partial charge >= 0.3 is 0 Å². The van der Waals surface area contributed by atoms with E-state index in [4.69, 9.17) is 9.47 Å². The first-order chi connectivity index (χ1) is 12.3. The van der Waals surface area contributed by atoms with Crippen LogP contribution in [0.25, 0.3) is 0 Å². The van der Waals surface area contributed by atoms with Gasteiger partial charge < -0.3 is 20.1 Å². The van der Waals surface area contributed by atoms with E-state index in [-0.39, 0.29) is 0 Å². The summed E-state index contributed by atoms with van der Waals surface area (Å²) in [7, 11) is 0. The number of pyridine rings is 1. The van der Waals surface area contributed by atoms with E-state index in [1.807, 2.05) is 18.3 Å². The fraction of sp³-hybridized carbons (Fsp3) is 0.684. The predicted molar refractivity (Wildman–Crippen MR) is 103 cm³/mol. The molecule has 0 fully saturated rings. The van der Waals surface area contributed by atoms with Gasteiger partial charge in [-0.3, -0.25) is 0 Å². The molecule has 0 atom stereocenters. The Morgan fingerprint density at radius 2 is 1.88 bits per heavy atom. The number of ether oxygens (including phenoxy) is 2. The molecule has 1 aromatic heterocycles. The number of hydrogen-bond donors (Lipinski definition) is 2. The standard InChI is InChI=1S/C19H34N4O2/c1-4-7-13-24-14-8-11-21-19(20-6-3)23-16-17-9-10-18(22-15-17)25-12-5-2/h9-10,15H,4-8,11-14,16H2,1-3H3,(H2,20,21,23). The highest BCUT2D eigenvalue weighted by Gasteiger charge is 1.99. The fourth-order valence-electron chi connectivity index (χ4n) is 2.04. The lowest BCUT2D eigenvalue weighted by Gasteiger charge is -2.11. The maximum Gasteiger partial charge on any atom is 0.213 e. The maximum atomic E-state index is 5.56.